The van der Waals surface area contributed by atoms with E-state index in [9.17, 15) is 17.6 Å². The van der Waals surface area contributed by atoms with Gasteiger partial charge in [-0.2, -0.15) is 0 Å². The molecule has 0 saturated heterocycles. The van der Waals surface area contributed by atoms with Gasteiger partial charge in [0, 0.05) is 5.02 Å². The van der Waals surface area contributed by atoms with Gasteiger partial charge in [-0.05, 0) is 191 Å². The van der Waals surface area contributed by atoms with Crippen LogP contribution in [0.15, 0.2) is 164 Å². The zero-order valence-electron chi connectivity index (χ0n) is 61.7. The van der Waals surface area contributed by atoms with Crippen LogP contribution >= 0.6 is 69.6 Å². The van der Waals surface area contributed by atoms with Crippen LogP contribution in [0.1, 0.15) is 216 Å². The number of aryl methyl sites for hydroxylation is 1. The van der Waals surface area contributed by atoms with Crippen LogP contribution in [0.25, 0.3) is 0 Å². The summed E-state index contributed by atoms with van der Waals surface area (Å²) in [7, 11) is 3.32. The number of benzene rings is 8. The first-order chi connectivity index (χ1) is 43.1. The van der Waals surface area contributed by atoms with E-state index in [2.05, 4.69) is 164 Å². The second-order valence-corrected chi connectivity index (χ2v) is 33.9. The Hall–Kier alpha value is -5.18. The van der Waals surface area contributed by atoms with Crippen LogP contribution in [-0.2, 0) is 43.3 Å². The minimum atomic E-state index is -0.357. The molecule has 0 radical (unpaired) electrons. The highest BCUT2D eigenvalue weighted by atomic mass is 35.5. The fraction of sp³-hybridized carbons (Fsp3) is 0.422. The predicted molar refractivity (Wildman–Crippen MR) is 409 cm³/mol. The third-order valence-corrected chi connectivity index (χ3v) is 16.6. The Bertz CT molecular complexity index is 3330. The lowest BCUT2D eigenvalue weighted by Gasteiger charge is -2.19. The second-order valence-electron chi connectivity index (χ2n) is 31.5. The second kappa shape index (κ2) is 37.7. The third-order valence-electron chi connectivity index (χ3n) is 14.7. The van der Waals surface area contributed by atoms with Crippen LogP contribution in [0.5, 0.6) is 11.5 Å². The summed E-state index contributed by atoms with van der Waals surface area (Å²) in [5, 5.41) is 3.12. The Morgan fingerprint density at radius 1 is 0.263 bits per heavy atom. The van der Waals surface area contributed by atoms with Gasteiger partial charge in [-0.15, -0.1) is 0 Å². The molecule has 8 aromatic rings. The minimum absolute atomic E-state index is 0.0224. The first-order valence-electron chi connectivity index (χ1n) is 31.8. The van der Waals surface area contributed by atoms with E-state index in [1.54, 1.807) is 51.5 Å². The van der Waals surface area contributed by atoms with Crippen molar-refractivity contribution in [1.29, 1.82) is 0 Å². The first-order valence-corrected chi connectivity index (χ1v) is 34.0. The standard InChI is InChI=1S/C11H15ClO.C11H15F.C11H16O.C10H12Cl2.2C10H12ClF.C10H13Cl.C10H13F/c1-11(2,3)8-5-6-10(13-4)9(12)7-8;1-8-7-9(11(2,3)4)5-6-10(8)12;1-11(2,3)9-6-5-7-10(8-9)12-4;1-10(2,3)7-4-5-8(11)9(12)6-7;1-10(2,3)7-4-5-9(12)8(11)6-7;1-10(2,3)7-4-5-8(11)9(12)6-7;2*1-10(2,3)8-5-4-6-9(11)7-8/h5-7H,1-4H3;5-7H,1-4H3;5-8H,1-4H3;3*4-6H,1-3H3;2*4-7H,1-3H3. The largest absolute Gasteiger partial charge is 0.497 e. The van der Waals surface area contributed by atoms with Crippen molar-refractivity contribution in [2.75, 3.05) is 14.2 Å². The number of hydrogen-bond acceptors (Lipinski definition) is 2. The first kappa shape index (κ1) is 87.8. The molecular formula is C83H108Cl6F4O2. The molecule has 0 aliphatic rings. The summed E-state index contributed by atoms with van der Waals surface area (Å²) in [6.07, 6.45) is 0. The molecule has 522 valence electrons. The molecule has 0 bridgehead atoms. The fourth-order valence-electron chi connectivity index (χ4n) is 8.13. The monoisotopic (exact) mass is 1420 g/mol. The highest BCUT2D eigenvalue weighted by Gasteiger charge is 2.20. The molecule has 0 unspecified atom stereocenters. The Balaban J connectivity index is 0.000000543. The number of methoxy groups -OCH3 is 2. The highest BCUT2D eigenvalue weighted by molar-refractivity contribution is 6.42. The lowest BCUT2D eigenvalue weighted by Crippen LogP contribution is -2.11. The van der Waals surface area contributed by atoms with Gasteiger partial charge >= 0.3 is 0 Å². The molecule has 0 spiro atoms. The van der Waals surface area contributed by atoms with Gasteiger partial charge in [0.1, 0.15) is 34.8 Å². The van der Waals surface area contributed by atoms with Crippen LogP contribution in [0, 0.1) is 30.2 Å². The molecule has 95 heavy (non-hydrogen) atoms. The average molecular weight is 1430 g/mol. The normalized spacial score (nSPS) is 11.6. The molecule has 0 aliphatic heterocycles. The predicted octanol–water partition coefficient (Wildman–Crippen LogP) is 28.7. The SMILES string of the molecule is CC(C)(C)c1ccc(Cl)c(Cl)c1.CC(C)(C)c1ccc(Cl)c(F)c1.CC(C)(C)c1ccc(F)c(Cl)c1.CC(C)(C)c1cccc(Cl)c1.CC(C)(C)c1cccc(F)c1.COc1ccc(C(C)(C)C)cc1Cl.COc1cccc(C(C)(C)C)c1.Cc1cc(C(C)(C)C)ccc1F. The summed E-state index contributed by atoms with van der Waals surface area (Å²) in [5.41, 5.74) is 10.8. The van der Waals surface area contributed by atoms with Gasteiger partial charge in [-0.25, -0.2) is 17.6 Å². The lowest BCUT2D eigenvalue weighted by molar-refractivity contribution is 0.412. The molecule has 0 aromatic heterocycles. The van der Waals surface area contributed by atoms with Crippen LogP contribution in [0.4, 0.5) is 17.6 Å². The average Bonchev–Trinajstić information content (AvgIpc) is 0.942. The maximum Gasteiger partial charge on any atom is 0.142 e. The summed E-state index contributed by atoms with van der Waals surface area (Å²) in [6.45, 7) is 52.7. The molecule has 8 rings (SSSR count). The molecule has 0 fully saturated rings. The van der Waals surface area contributed by atoms with E-state index in [0.717, 1.165) is 38.8 Å². The topological polar surface area (TPSA) is 18.5 Å². The van der Waals surface area contributed by atoms with Gasteiger partial charge in [0.25, 0.3) is 0 Å². The molecule has 0 N–H and O–H groups in total. The van der Waals surface area contributed by atoms with Crippen LogP contribution in [0.2, 0.25) is 30.1 Å². The Morgan fingerprint density at radius 2 is 0.600 bits per heavy atom. The number of hydrogen-bond donors (Lipinski definition) is 0. The van der Waals surface area contributed by atoms with E-state index in [0.29, 0.717) is 15.1 Å². The molecule has 2 nitrogen and oxygen atoms in total. The maximum atomic E-state index is 13.0. The van der Waals surface area contributed by atoms with Gasteiger partial charge in [-0.3, -0.25) is 0 Å². The third kappa shape index (κ3) is 33.3. The summed E-state index contributed by atoms with van der Waals surface area (Å²) in [6, 6.07) is 49.7. The van der Waals surface area contributed by atoms with Gasteiger partial charge < -0.3 is 9.47 Å². The summed E-state index contributed by atoms with van der Waals surface area (Å²) < 4.78 is 61.5. The van der Waals surface area contributed by atoms with E-state index < -0.39 is 0 Å². The summed E-state index contributed by atoms with van der Waals surface area (Å²) in [5.74, 6) is 0.686. The molecular weight excluding hydrogens is 1320 g/mol. The number of rotatable bonds is 2. The van der Waals surface area contributed by atoms with E-state index in [4.69, 9.17) is 79.1 Å². The highest BCUT2D eigenvalue weighted by Crippen LogP contribution is 2.34. The van der Waals surface area contributed by atoms with Crippen LogP contribution in [-0.4, -0.2) is 14.2 Å². The fourth-order valence-corrected chi connectivity index (χ4v) is 9.18. The van der Waals surface area contributed by atoms with E-state index in [1.807, 2.05) is 112 Å². The van der Waals surface area contributed by atoms with Crippen molar-refractivity contribution >= 4 is 69.6 Å². The number of halogens is 10. The molecule has 0 aliphatic carbocycles. The van der Waals surface area contributed by atoms with Crippen molar-refractivity contribution in [3.8, 4) is 11.5 Å². The van der Waals surface area contributed by atoms with Gasteiger partial charge in [0.05, 0.1) is 39.3 Å². The Morgan fingerprint density at radius 3 is 0.947 bits per heavy atom. The van der Waals surface area contributed by atoms with Crippen molar-refractivity contribution in [2.45, 2.75) is 216 Å². The van der Waals surface area contributed by atoms with Crippen molar-refractivity contribution in [2.24, 2.45) is 0 Å². The van der Waals surface area contributed by atoms with Crippen LogP contribution < -0.4 is 9.47 Å². The van der Waals surface area contributed by atoms with Gasteiger partial charge in [-0.1, -0.05) is 309 Å². The van der Waals surface area contributed by atoms with Crippen molar-refractivity contribution < 1.29 is 27.0 Å². The van der Waals surface area contributed by atoms with Gasteiger partial charge in [0.2, 0.25) is 0 Å². The van der Waals surface area contributed by atoms with Crippen molar-refractivity contribution in [3.05, 3.63) is 267 Å². The maximum absolute atomic E-state index is 13.0. The van der Waals surface area contributed by atoms with E-state index in [1.165, 1.54) is 52.1 Å². The van der Waals surface area contributed by atoms with E-state index >= 15 is 0 Å². The van der Waals surface area contributed by atoms with E-state index in [-0.39, 0.29) is 76.6 Å². The Kier molecular flexibility index (Phi) is 34.8. The quantitative estimate of drug-likeness (QED) is 0.161. The summed E-state index contributed by atoms with van der Waals surface area (Å²) >= 11 is 34.7. The molecule has 0 atom stereocenters. The Labute approximate surface area is 601 Å². The lowest BCUT2D eigenvalue weighted by atomic mass is 9.86. The minimum Gasteiger partial charge on any atom is -0.497 e. The van der Waals surface area contributed by atoms with Crippen LogP contribution in [0.3, 0.4) is 0 Å². The molecule has 0 heterocycles. The van der Waals surface area contributed by atoms with Crippen molar-refractivity contribution in [3.63, 3.8) is 0 Å². The smallest absolute Gasteiger partial charge is 0.142 e. The molecule has 12 heteroatoms. The summed E-state index contributed by atoms with van der Waals surface area (Å²) in [4.78, 5) is 0. The van der Waals surface area contributed by atoms with Gasteiger partial charge in [0.15, 0.2) is 0 Å². The van der Waals surface area contributed by atoms with Crippen molar-refractivity contribution in [1.82, 2.24) is 0 Å². The number of ether oxygens (including phenoxy) is 2. The molecule has 0 amide bonds. The zero-order chi connectivity index (χ0) is 73.6. The molecule has 8 aromatic carbocycles. The molecule has 0 saturated carbocycles. The zero-order valence-corrected chi connectivity index (χ0v) is 66.2.